The van der Waals surface area contributed by atoms with Crippen LogP contribution in [0.4, 0.5) is 5.69 Å². The van der Waals surface area contributed by atoms with E-state index >= 15 is 0 Å². The Morgan fingerprint density at radius 3 is 2.46 bits per heavy atom. The van der Waals surface area contributed by atoms with Crippen LogP contribution in [0.15, 0.2) is 23.1 Å². The molecule has 0 spiro atoms. The summed E-state index contributed by atoms with van der Waals surface area (Å²) in [6, 6.07) is 4.87. The lowest BCUT2D eigenvalue weighted by atomic mass is 9.97. The minimum atomic E-state index is -3.58. The maximum Gasteiger partial charge on any atom is 0.309 e. The molecule has 1 aromatic carbocycles. The number of ether oxygens (including phenoxy) is 1. The van der Waals surface area contributed by atoms with Gasteiger partial charge in [-0.1, -0.05) is 6.07 Å². The van der Waals surface area contributed by atoms with E-state index in [4.69, 9.17) is 4.74 Å². The van der Waals surface area contributed by atoms with Crippen molar-refractivity contribution in [2.24, 2.45) is 5.92 Å². The number of carbonyl (C=O) groups is 2. The maximum absolute atomic E-state index is 12.4. The first-order chi connectivity index (χ1) is 13.1. The molecule has 1 fully saturated rings. The summed E-state index contributed by atoms with van der Waals surface area (Å²) >= 11 is 0. The summed E-state index contributed by atoms with van der Waals surface area (Å²) in [5.41, 5.74) is 1.08. The van der Waals surface area contributed by atoms with Gasteiger partial charge in [0.1, 0.15) is 0 Å². The van der Waals surface area contributed by atoms with Crippen LogP contribution in [0.1, 0.15) is 25.3 Å². The van der Waals surface area contributed by atoms with Crippen molar-refractivity contribution >= 4 is 27.6 Å². The van der Waals surface area contributed by atoms with Gasteiger partial charge in [-0.15, -0.1) is 0 Å². The number of rotatable bonds is 7. The van der Waals surface area contributed by atoms with Gasteiger partial charge in [0, 0.05) is 32.6 Å². The van der Waals surface area contributed by atoms with E-state index in [1.165, 1.54) is 20.2 Å². The molecule has 1 saturated heterocycles. The van der Waals surface area contributed by atoms with Crippen LogP contribution < -0.4 is 10.2 Å². The molecule has 156 valence electrons. The number of benzene rings is 1. The Balaban J connectivity index is 1.95. The van der Waals surface area contributed by atoms with Crippen LogP contribution >= 0.6 is 0 Å². The number of hydrogen-bond donors (Lipinski definition) is 2. The Labute approximate surface area is 166 Å². The second-order valence-corrected chi connectivity index (χ2v) is 9.39. The van der Waals surface area contributed by atoms with Crippen LogP contribution in [0.2, 0.25) is 0 Å². The zero-order valence-corrected chi connectivity index (χ0v) is 17.8. The third-order valence-corrected chi connectivity index (χ3v) is 6.91. The van der Waals surface area contributed by atoms with Gasteiger partial charge in [-0.2, -0.15) is 0 Å². The van der Waals surface area contributed by atoms with E-state index in [1.54, 1.807) is 26.0 Å². The predicted molar refractivity (Wildman–Crippen MR) is 106 cm³/mol. The number of aryl methyl sites for hydroxylation is 1. The van der Waals surface area contributed by atoms with Crippen molar-refractivity contribution in [3.8, 4) is 0 Å². The number of hydrogen-bond acceptors (Lipinski definition) is 5. The number of nitrogens with zero attached hydrogens (tertiary/aromatic N) is 1. The second kappa shape index (κ2) is 9.49. The van der Waals surface area contributed by atoms with E-state index in [0.717, 1.165) is 22.3 Å². The van der Waals surface area contributed by atoms with E-state index in [2.05, 4.69) is 5.32 Å². The minimum Gasteiger partial charge on any atom is -0.466 e. The number of piperidine rings is 1. The van der Waals surface area contributed by atoms with Crippen molar-refractivity contribution in [1.29, 1.82) is 0 Å². The first-order valence-corrected chi connectivity index (χ1v) is 10.9. The largest absolute Gasteiger partial charge is 0.466 e. The summed E-state index contributed by atoms with van der Waals surface area (Å²) in [4.78, 5) is 25.5. The monoisotopic (exact) mass is 412 g/mol. The molecule has 0 radical (unpaired) electrons. The Morgan fingerprint density at radius 2 is 1.89 bits per heavy atom. The molecule has 28 heavy (non-hydrogen) atoms. The molecule has 1 heterocycles. The quantitative estimate of drug-likeness (QED) is 0.617. The van der Waals surface area contributed by atoms with E-state index in [9.17, 15) is 18.0 Å². The number of carbonyl (C=O) groups excluding carboxylic acids is 2. The minimum absolute atomic E-state index is 0.0809. The fourth-order valence-corrected chi connectivity index (χ4v) is 4.43. The molecule has 0 unspecified atom stereocenters. The lowest BCUT2D eigenvalue weighted by molar-refractivity contribution is -0.897. The van der Waals surface area contributed by atoms with Crippen molar-refractivity contribution in [3.63, 3.8) is 0 Å². The molecule has 2 N–H and O–H groups in total. The Hall–Kier alpha value is -1.97. The van der Waals surface area contributed by atoms with Crippen LogP contribution in [-0.4, -0.2) is 64.9 Å². The maximum atomic E-state index is 12.4. The fourth-order valence-electron chi connectivity index (χ4n) is 3.28. The highest BCUT2D eigenvalue weighted by atomic mass is 32.2. The molecule has 8 nitrogen and oxygen atoms in total. The molecule has 1 aliphatic rings. The predicted octanol–water partition coefficient (Wildman–Crippen LogP) is 0.0418. The average molecular weight is 413 g/mol. The summed E-state index contributed by atoms with van der Waals surface area (Å²) in [5, 5.41) is 2.79. The summed E-state index contributed by atoms with van der Waals surface area (Å²) in [6.07, 6.45) is 1.41. The topological polar surface area (TPSA) is 97.2 Å². The zero-order chi connectivity index (χ0) is 20.9. The van der Waals surface area contributed by atoms with Gasteiger partial charge in [-0.25, -0.2) is 12.7 Å². The molecular formula is C19H30N3O5S+. The van der Waals surface area contributed by atoms with Crippen molar-refractivity contribution in [1.82, 2.24) is 4.31 Å². The molecule has 0 saturated carbocycles. The van der Waals surface area contributed by atoms with Gasteiger partial charge < -0.3 is 15.0 Å². The standard InChI is InChI=1S/C19H29N3O5S/c1-5-27-19(24)15-8-10-22(11-9-15)13-18(23)20-16-7-6-14(2)17(12-16)28(25,26)21(3)4/h6-7,12,15H,5,8-11,13H2,1-4H3,(H,20,23)/p+1. The van der Waals surface area contributed by atoms with Crippen LogP contribution in [0.5, 0.6) is 0 Å². The SMILES string of the molecule is CCOC(=O)C1CC[NH+](CC(=O)Nc2ccc(C)c(S(=O)(=O)N(C)C)c2)CC1. The van der Waals surface area contributed by atoms with Crippen LogP contribution in [-0.2, 0) is 24.3 Å². The van der Waals surface area contributed by atoms with Gasteiger partial charge in [0.2, 0.25) is 10.0 Å². The molecule has 2 rings (SSSR count). The molecular weight excluding hydrogens is 382 g/mol. The summed E-state index contributed by atoms with van der Waals surface area (Å²) in [7, 11) is -0.628. The Bertz CT molecular complexity index is 815. The first kappa shape index (κ1) is 22.3. The number of sulfonamides is 1. The Morgan fingerprint density at radius 1 is 1.25 bits per heavy atom. The molecule has 1 aromatic rings. The summed E-state index contributed by atoms with van der Waals surface area (Å²) < 4.78 is 31.0. The molecule has 0 bridgehead atoms. The fraction of sp³-hybridized carbons (Fsp3) is 0.579. The van der Waals surface area contributed by atoms with E-state index in [0.29, 0.717) is 30.7 Å². The lowest BCUT2D eigenvalue weighted by Gasteiger charge is -2.27. The molecule has 9 heteroatoms. The van der Waals surface area contributed by atoms with Crippen molar-refractivity contribution in [2.75, 3.05) is 45.7 Å². The highest BCUT2D eigenvalue weighted by Crippen LogP contribution is 2.22. The van der Waals surface area contributed by atoms with E-state index in [-0.39, 0.29) is 29.2 Å². The molecule has 0 atom stereocenters. The van der Waals surface area contributed by atoms with Crippen molar-refractivity contribution in [3.05, 3.63) is 23.8 Å². The normalized spacial score (nSPS) is 20.0. The van der Waals surface area contributed by atoms with Gasteiger partial charge >= 0.3 is 5.97 Å². The first-order valence-electron chi connectivity index (χ1n) is 9.48. The summed E-state index contributed by atoms with van der Waals surface area (Å²) in [6.45, 7) is 5.63. The lowest BCUT2D eigenvalue weighted by Crippen LogP contribution is -3.14. The van der Waals surface area contributed by atoms with Crippen molar-refractivity contribution < 1.29 is 27.6 Å². The Kier molecular flexibility index (Phi) is 7.56. The third kappa shape index (κ3) is 5.52. The van der Waals surface area contributed by atoms with Crippen molar-refractivity contribution in [2.45, 2.75) is 31.6 Å². The van der Waals surface area contributed by atoms with Gasteiger partial charge in [-0.05, 0) is 31.5 Å². The van der Waals surface area contributed by atoms with E-state index < -0.39 is 10.0 Å². The molecule has 1 aliphatic heterocycles. The van der Waals surface area contributed by atoms with Crippen LogP contribution in [0, 0.1) is 12.8 Å². The number of amides is 1. The van der Waals surface area contributed by atoms with Gasteiger partial charge in [-0.3, -0.25) is 9.59 Å². The number of anilines is 1. The smallest absolute Gasteiger partial charge is 0.309 e. The number of esters is 1. The van der Waals surface area contributed by atoms with Crippen LogP contribution in [0.3, 0.4) is 0 Å². The highest BCUT2D eigenvalue weighted by Gasteiger charge is 2.29. The number of quaternary nitrogens is 1. The van der Waals surface area contributed by atoms with Gasteiger partial charge in [0.25, 0.3) is 5.91 Å². The van der Waals surface area contributed by atoms with Gasteiger partial charge in [0.05, 0.1) is 30.5 Å². The highest BCUT2D eigenvalue weighted by molar-refractivity contribution is 7.89. The van der Waals surface area contributed by atoms with E-state index in [1.807, 2.05) is 0 Å². The average Bonchev–Trinajstić information content (AvgIpc) is 2.63. The number of nitrogens with one attached hydrogen (secondary N) is 2. The summed E-state index contributed by atoms with van der Waals surface area (Å²) in [5.74, 6) is -0.412. The second-order valence-electron chi connectivity index (χ2n) is 7.27. The zero-order valence-electron chi connectivity index (χ0n) is 16.9. The third-order valence-electron chi connectivity index (χ3n) is 4.95. The molecule has 0 aromatic heterocycles. The van der Waals surface area contributed by atoms with Crippen LogP contribution in [0.25, 0.3) is 0 Å². The number of likely N-dealkylation sites (tertiary alicyclic amines) is 1. The molecule has 0 aliphatic carbocycles. The van der Waals surface area contributed by atoms with Gasteiger partial charge in [0.15, 0.2) is 6.54 Å². The molecule has 1 amide bonds.